The Morgan fingerprint density at radius 3 is 2.65 bits per heavy atom. The average Bonchev–Trinajstić information content (AvgIpc) is 2.44. The number of aromatic nitrogens is 1. The molecule has 0 aliphatic rings. The zero-order valence-corrected chi connectivity index (χ0v) is 14.8. The molecular formula is C17H22ClN3O2. The molecule has 0 bridgehead atoms. The number of rotatable bonds is 3. The number of hydrogen-bond donors (Lipinski definition) is 2. The summed E-state index contributed by atoms with van der Waals surface area (Å²) in [5.74, 6) is 0.675. The molecule has 6 heteroatoms. The molecule has 1 atom stereocenters. The van der Waals surface area contributed by atoms with Gasteiger partial charge in [-0.25, -0.2) is 9.78 Å². The number of fused-ring (bicyclic) bond motifs is 1. The molecule has 1 heterocycles. The summed E-state index contributed by atoms with van der Waals surface area (Å²) in [6.07, 6.45) is -0.460. The average molecular weight is 336 g/mol. The molecule has 2 N–H and O–H groups in total. The molecule has 0 aliphatic heterocycles. The molecule has 1 unspecified atom stereocenters. The van der Waals surface area contributed by atoms with Gasteiger partial charge in [-0.15, -0.1) is 0 Å². The molecule has 1 amide bonds. The Balaban J connectivity index is 2.32. The fourth-order valence-corrected chi connectivity index (χ4v) is 2.50. The van der Waals surface area contributed by atoms with Crippen LogP contribution in [0.2, 0.25) is 5.02 Å². The Hall–Kier alpha value is -2.01. The van der Waals surface area contributed by atoms with Crippen molar-refractivity contribution in [2.75, 3.05) is 12.4 Å². The molecule has 0 saturated heterocycles. The number of carbonyl (C=O) groups is 1. The topological polar surface area (TPSA) is 63.2 Å². The first-order valence-electron chi connectivity index (χ1n) is 7.47. The lowest BCUT2D eigenvalue weighted by Gasteiger charge is -2.23. The van der Waals surface area contributed by atoms with Gasteiger partial charge in [0.25, 0.3) is 0 Å². The second-order valence-electron chi connectivity index (χ2n) is 6.36. The summed E-state index contributed by atoms with van der Waals surface area (Å²) in [5.41, 5.74) is 1.06. The van der Waals surface area contributed by atoms with Gasteiger partial charge < -0.3 is 15.4 Å². The van der Waals surface area contributed by atoms with Crippen LogP contribution in [0.3, 0.4) is 0 Å². The number of benzene rings is 1. The van der Waals surface area contributed by atoms with E-state index in [0.717, 1.165) is 16.5 Å². The zero-order valence-electron chi connectivity index (χ0n) is 14.0. The highest BCUT2D eigenvalue weighted by Crippen LogP contribution is 2.29. The van der Waals surface area contributed by atoms with Crippen molar-refractivity contribution < 1.29 is 9.53 Å². The fraction of sp³-hybridized carbons (Fsp3) is 0.412. The van der Waals surface area contributed by atoms with Crippen LogP contribution in [-0.2, 0) is 4.74 Å². The minimum atomic E-state index is -0.537. The predicted molar refractivity (Wildman–Crippen MR) is 94.1 cm³/mol. The van der Waals surface area contributed by atoms with E-state index in [-0.39, 0.29) is 6.04 Å². The normalized spacial score (nSPS) is 12.8. The van der Waals surface area contributed by atoms with Crippen LogP contribution in [0.25, 0.3) is 10.9 Å². The molecule has 0 radical (unpaired) electrons. The van der Waals surface area contributed by atoms with Gasteiger partial charge in [-0.1, -0.05) is 23.7 Å². The van der Waals surface area contributed by atoms with E-state index >= 15 is 0 Å². The van der Waals surface area contributed by atoms with Crippen molar-refractivity contribution in [3.63, 3.8) is 0 Å². The number of halogens is 1. The number of anilines is 1. The zero-order chi connectivity index (χ0) is 17.2. The summed E-state index contributed by atoms with van der Waals surface area (Å²) in [6.45, 7) is 7.37. The lowest BCUT2D eigenvalue weighted by Crippen LogP contribution is -2.34. The number of hydrogen-bond acceptors (Lipinski definition) is 4. The second-order valence-corrected chi connectivity index (χ2v) is 6.76. The van der Waals surface area contributed by atoms with Crippen LogP contribution < -0.4 is 10.6 Å². The largest absolute Gasteiger partial charge is 0.444 e. The second kappa shape index (κ2) is 6.62. The molecule has 1 aromatic carbocycles. The Bertz CT molecular complexity index is 726. The minimum Gasteiger partial charge on any atom is -0.444 e. The summed E-state index contributed by atoms with van der Waals surface area (Å²) in [6, 6.07) is 7.34. The molecule has 5 nitrogen and oxygen atoms in total. The number of alkyl carbamates (subject to hydrolysis) is 1. The highest BCUT2D eigenvalue weighted by atomic mass is 35.5. The van der Waals surface area contributed by atoms with Gasteiger partial charge in [0.1, 0.15) is 11.4 Å². The van der Waals surface area contributed by atoms with Crippen LogP contribution in [-0.4, -0.2) is 23.7 Å². The molecule has 23 heavy (non-hydrogen) atoms. The Labute approximate surface area is 141 Å². The molecule has 0 spiro atoms. The quantitative estimate of drug-likeness (QED) is 0.865. The van der Waals surface area contributed by atoms with E-state index in [2.05, 4.69) is 15.6 Å². The van der Waals surface area contributed by atoms with Gasteiger partial charge >= 0.3 is 6.09 Å². The van der Waals surface area contributed by atoms with E-state index in [4.69, 9.17) is 16.3 Å². The van der Waals surface area contributed by atoms with Crippen molar-refractivity contribution in [3.05, 3.63) is 34.9 Å². The Morgan fingerprint density at radius 1 is 1.35 bits per heavy atom. The Morgan fingerprint density at radius 2 is 2.04 bits per heavy atom. The first kappa shape index (κ1) is 17.3. The van der Waals surface area contributed by atoms with Gasteiger partial charge in [0.15, 0.2) is 0 Å². The van der Waals surface area contributed by atoms with Gasteiger partial charge in [0.05, 0.1) is 16.6 Å². The summed E-state index contributed by atoms with van der Waals surface area (Å²) < 4.78 is 5.30. The summed E-state index contributed by atoms with van der Waals surface area (Å²) in [4.78, 5) is 16.5. The standard InChI is InChI=1S/C17H22ClN3O2/c1-10(20-16(22)23-17(2,3)4)12-9-11-7-6-8-13(18)14(11)21-15(12)19-5/h6-10H,1-5H3,(H,19,21)(H,20,22). The van der Waals surface area contributed by atoms with E-state index in [1.807, 2.05) is 45.9 Å². The van der Waals surface area contributed by atoms with Crippen LogP contribution in [0.4, 0.5) is 10.6 Å². The summed E-state index contributed by atoms with van der Waals surface area (Å²) in [5, 5.41) is 7.40. The van der Waals surface area contributed by atoms with Crippen molar-refractivity contribution in [1.29, 1.82) is 0 Å². The molecule has 2 rings (SSSR count). The minimum absolute atomic E-state index is 0.261. The summed E-state index contributed by atoms with van der Waals surface area (Å²) >= 11 is 6.19. The monoisotopic (exact) mass is 335 g/mol. The van der Waals surface area contributed by atoms with Gasteiger partial charge in [0.2, 0.25) is 0 Å². The first-order valence-corrected chi connectivity index (χ1v) is 7.85. The highest BCUT2D eigenvalue weighted by molar-refractivity contribution is 6.35. The van der Waals surface area contributed by atoms with Crippen LogP contribution in [0.1, 0.15) is 39.3 Å². The number of ether oxygens (including phenoxy) is 1. The maximum Gasteiger partial charge on any atom is 0.408 e. The number of amides is 1. The third-order valence-corrected chi connectivity index (χ3v) is 3.57. The molecule has 0 fully saturated rings. The number of pyridine rings is 1. The summed E-state index contributed by atoms with van der Waals surface area (Å²) in [7, 11) is 1.79. The van der Waals surface area contributed by atoms with Crippen molar-refractivity contribution in [3.8, 4) is 0 Å². The van der Waals surface area contributed by atoms with E-state index in [0.29, 0.717) is 10.8 Å². The van der Waals surface area contributed by atoms with Crippen molar-refractivity contribution >= 4 is 34.4 Å². The number of para-hydroxylation sites is 1. The van der Waals surface area contributed by atoms with E-state index in [1.54, 1.807) is 13.1 Å². The smallest absolute Gasteiger partial charge is 0.408 e. The van der Waals surface area contributed by atoms with Crippen LogP contribution >= 0.6 is 11.6 Å². The lowest BCUT2D eigenvalue weighted by molar-refractivity contribution is 0.0508. The van der Waals surface area contributed by atoms with Crippen molar-refractivity contribution in [2.45, 2.75) is 39.3 Å². The SMILES string of the molecule is CNc1nc2c(Cl)cccc2cc1C(C)NC(=O)OC(C)(C)C. The highest BCUT2D eigenvalue weighted by Gasteiger charge is 2.20. The van der Waals surface area contributed by atoms with Crippen LogP contribution in [0.15, 0.2) is 24.3 Å². The van der Waals surface area contributed by atoms with E-state index in [1.165, 1.54) is 0 Å². The van der Waals surface area contributed by atoms with E-state index in [9.17, 15) is 4.79 Å². The van der Waals surface area contributed by atoms with E-state index < -0.39 is 11.7 Å². The van der Waals surface area contributed by atoms with Crippen LogP contribution in [0.5, 0.6) is 0 Å². The molecule has 0 saturated carbocycles. The molecular weight excluding hydrogens is 314 g/mol. The van der Waals surface area contributed by atoms with Crippen molar-refractivity contribution in [2.24, 2.45) is 0 Å². The van der Waals surface area contributed by atoms with Gasteiger partial charge in [-0.3, -0.25) is 0 Å². The number of nitrogens with one attached hydrogen (secondary N) is 2. The molecule has 2 aromatic rings. The Kier molecular flexibility index (Phi) is 5.00. The predicted octanol–water partition coefficient (Wildman–Crippen LogP) is 4.52. The third-order valence-electron chi connectivity index (χ3n) is 3.26. The van der Waals surface area contributed by atoms with Crippen LogP contribution in [0, 0.1) is 0 Å². The first-order chi connectivity index (χ1) is 10.7. The number of nitrogens with zero attached hydrogens (tertiary/aromatic N) is 1. The number of carbonyl (C=O) groups excluding carboxylic acids is 1. The molecule has 1 aromatic heterocycles. The fourth-order valence-electron chi connectivity index (χ4n) is 2.27. The maximum atomic E-state index is 12.0. The van der Waals surface area contributed by atoms with Gasteiger partial charge in [-0.05, 0) is 39.8 Å². The third kappa shape index (κ3) is 4.26. The molecule has 124 valence electrons. The maximum absolute atomic E-state index is 12.0. The molecule has 0 aliphatic carbocycles. The van der Waals surface area contributed by atoms with Gasteiger partial charge in [0, 0.05) is 18.0 Å². The lowest BCUT2D eigenvalue weighted by atomic mass is 10.1. The van der Waals surface area contributed by atoms with Gasteiger partial charge in [-0.2, -0.15) is 0 Å². The van der Waals surface area contributed by atoms with Crippen molar-refractivity contribution in [1.82, 2.24) is 10.3 Å².